The van der Waals surface area contributed by atoms with Crippen molar-refractivity contribution in [1.82, 2.24) is 15.3 Å². The topological polar surface area (TPSA) is 57.8 Å². The highest BCUT2D eigenvalue weighted by Gasteiger charge is 2.15. The molecule has 0 fully saturated rings. The third kappa shape index (κ3) is 2.45. The zero-order chi connectivity index (χ0) is 13.4. The van der Waals surface area contributed by atoms with Crippen LogP contribution in [0.25, 0.3) is 11.4 Å². The van der Waals surface area contributed by atoms with Crippen LogP contribution in [-0.2, 0) is 13.0 Å². The molecule has 4 nitrogen and oxygen atoms in total. The summed E-state index contributed by atoms with van der Waals surface area (Å²) in [5, 5.41) is 3.85. The van der Waals surface area contributed by atoms with E-state index in [-0.39, 0.29) is 5.56 Å². The Bertz CT molecular complexity index is 699. The Labute approximate surface area is 123 Å². The fourth-order valence-electron chi connectivity index (χ4n) is 2.15. The maximum Gasteiger partial charge on any atom is 0.254 e. The highest BCUT2D eigenvalue weighted by Crippen LogP contribution is 2.27. The van der Waals surface area contributed by atoms with Gasteiger partial charge in [0.15, 0.2) is 0 Å². The number of hydrogen-bond acceptors (Lipinski definition) is 3. The van der Waals surface area contributed by atoms with Gasteiger partial charge < -0.3 is 10.3 Å². The van der Waals surface area contributed by atoms with Gasteiger partial charge in [0.1, 0.15) is 5.82 Å². The lowest BCUT2D eigenvalue weighted by Crippen LogP contribution is -2.31. The first-order valence-corrected chi connectivity index (χ1v) is 7.10. The molecule has 98 valence electrons. The van der Waals surface area contributed by atoms with Gasteiger partial charge >= 0.3 is 0 Å². The fourth-order valence-corrected chi connectivity index (χ4v) is 2.65. The third-order valence-electron chi connectivity index (χ3n) is 3.14. The smallest absolute Gasteiger partial charge is 0.254 e. The van der Waals surface area contributed by atoms with Crippen LogP contribution in [0.5, 0.6) is 0 Å². The van der Waals surface area contributed by atoms with E-state index in [0.717, 1.165) is 34.3 Å². The lowest BCUT2D eigenvalue weighted by atomic mass is 10.1. The molecule has 1 aliphatic rings. The Morgan fingerprint density at radius 1 is 1.37 bits per heavy atom. The Morgan fingerprint density at radius 3 is 3.00 bits per heavy atom. The van der Waals surface area contributed by atoms with Gasteiger partial charge in [0, 0.05) is 22.1 Å². The number of benzene rings is 1. The van der Waals surface area contributed by atoms with Gasteiger partial charge in [-0.2, -0.15) is 0 Å². The lowest BCUT2D eigenvalue weighted by molar-refractivity contribution is 0.619. The molecule has 0 aliphatic carbocycles. The van der Waals surface area contributed by atoms with E-state index in [1.165, 1.54) is 0 Å². The standard InChI is InChI=1S/C13H11BrClN3O/c14-9-5-7(1-2-10(9)15)12-17-11-6-16-4-3-8(11)13(19)18-12/h1-2,5,16H,3-4,6H2,(H,17,18,19). The van der Waals surface area contributed by atoms with Crippen molar-refractivity contribution in [2.75, 3.05) is 6.54 Å². The van der Waals surface area contributed by atoms with Crippen molar-refractivity contribution in [3.05, 3.63) is 49.3 Å². The zero-order valence-corrected chi connectivity index (χ0v) is 12.3. The van der Waals surface area contributed by atoms with Crippen LogP contribution in [0.15, 0.2) is 27.5 Å². The molecule has 0 bridgehead atoms. The summed E-state index contributed by atoms with van der Waals surface area (Å²) in [5.41, 5.74) is 2.40. The Balaban J connectivity index is 2.12. The summed E-state index contributed by atoms with van der Waals surface area (Å²) in [6, 6.07) is 5.47. The molecule has 0 radical (unpaired) electrons. The van der Waals surface area contributed by atoms with Crippen LogP contribution in [0, 0.1) is 0 Å². The molecule has 3 rings (SSSR count). The van der Waals surface area contributed by atoms with Crippen molar-refractivity contribution in [2.24, 2.45) is 0 Å². The monoisotopic (exact) mass is 339 g/mol. The molecule has 6 heteroatoms. The minimum atomic E-state index is -0.0485. The second-order valence-electron chi connectivity index (χ2n) is 4.40. The van der Waals surface area contributed by atoms with Gasteiger partial charge in [-0.05, 0) is 47.1 Å². The number of fused-ring (bicyclic) bond motifs is 1. The van der Waals surface area contributed by atoms with Crippen LogP contribution in [0.1, 0.15) is 11.3 Å². The molecular weight excluding hydrogens is 330 g/mol. The minimum absolute atomic E-state index is 0.0485. The molecule has 0 saturated heterocycles. The van der Waals surface area contributed by atoms with Crippen molar-refractivity contribution >= 4 is 27.5 Å². The number of hydrogen-bond donors (Lipinski definition) is 2. The predicted octanol–water partition coefficient (Wildman–Crippen LogP) is 2.50. The molecular formula is C13H11BrClN3O. The SMILES string of the molecule is O=c1[nH]c(-c2ccc(Cl)c(Br)c2)nc2c1CCNC2. The van der Waals surface area contributed by atoms with Crippen LogP contribution in [0.3, 0.4) is 0 Å². The molecule has 19 heavy (non-hydrogen) atoms. The summed E-state index contributed by atoms with van der Waals surface area (Å²) >= 11 is 9.34. The molecule has 1 aromatic carbocycles. The zero-order valence-electron chi connectivity index (χ0n) is 9.96. The summed E-state index contributed by atoms with van der Waals surface area (Å²) < 4.78 is 0.783. The molecule has 1 aromatic heterocycles. The number of aromatic amines is 1. The van der Waals surface area contributed by atoms with E-state index in [4.69, 9.17) is 11.6 Å². The van der Waals surface area contributed by atoms with E-state index in [9.17, 15) is 4.79 Å². The number of rotatable bonds is 1. The second-order valence-corrected chi connectivity index (χ2v) is 5.66. The van der Waals surface area contributed by atoms with Gasteiger partial charge in [0.05, 0.1) is 10.7 Å². The first-order chi connectivity index (χ1) is 9.15. The van der Waals surface area contributed by atoms with E-state index in [0.29, 0.717) is 17.4 Å². The van der Waals surface area contributed by atoms with Crippen LogP contribution < -0.4 is 10.9 Å². The Hall–Kier alpha value is -1.17. The summed E-state index contributed by atoms with van der Waals surface area (Å²) in [6.07, 6.45) is 0.724. The van der Waals surface area contributed by atoms with Crippen molar-refractivity contribution in [1.29, 1.82) is 0 Å². The average molecular weight is 341 g/mol. The van der Waals surface area contributed by atoms with Gasteiger partial charge in [-0.1, -0.05) is 11.6 Å². The van der Waals surface area contributed by atoms with Crippen molar-refractivity contribution in [3.63, 3.8) is 0 Å². The second kappa shape index (κ2) is 5.07. The van der Waals surface area contributed by atoms with Crippen molar-refractivity contribution < 1.29 is 0 Å². The number of nitrogens with one attached hydrogen (secondary N) is 2. The lowest BCUT2D eigenvalue weighted by Gasteiger charge is -2.16. The van der Waals surface area contributed by atoms with E-state index in [1.807, 2.05) is 12.1 Å². The van der Waals surface area contributed by atoms with Crippen LogP contribution in [0.2, 0.25) is 5.02 Å². The molecule has 0 amide bonds. The number of aromatic nitrogens is 2. The minimum Gasteiger partial charge on any atom is -0.311 e. The molecule has 2 aromatic rings. The van der Waals surface area contributed by atoms with Crippen LogP contribution in [0.4, 0.5) is 0 Å². The van der Waals surface area contributed by atoms with E-state index in [1.54, 1.807) is 6.07 Å². The first-order valence-electron chi connectivity index (χ1n) is 5.93. The molecule has 1 aliphatic heterocycles. The van der Waals surface area contributed by atoms with E-state index >= 15 is 0 Å². The number of H-pyrrole nitrogens is 1. The predicted molar refractivity (Wildman–Crippen MR) is 78.4 cm³/mol. The van der Waals surface area contributed by atoms with Gasteiger partial charge in [-0.15, -0.1) is 0 Å². The van der Waals surface area contributed by atoms with E-state index in [2.05, 4.69) is 31.2 Å². The highest BCUT2D eigenvalue weighted by molar-refractivity contribution is 9.10. The molecule has 2 N–H and O–H groups in total. The molecule has 0 saturated carbocycles. The maximum absolute atomic E-state index is 12.0. The summed E-state index contributed by atoms with van der Waals surface area (Å²) in [4.78, 5) is 19.4. The van der Waals surface area contributed by atoms with Crippen molar-refractivity contribution in [3.8, 4) is 11.4 Å². The Morgan fingerprint density at radius 2 is 2.21 bits per heavy atom. The quantitative estimate of drug-likeness (QED) is 0.838. The molecule has 0 atom stereocenters. The summed E-state index contributed by atoms with van der Waals surface area (Å²) in [7, 11) is 0. The first kappa shape index (κ1) is 12.8. The van der Waals surface area contributed by atoms with Crippen LogP contribution >= 0.6 is 27.5 Å². The molecule has 0 unspecified atom stereocenters. The molecule has 2 heterocycles. The van der Waals surface area contributed by atoms with Gasteiger partial charge in [-0.25, -0.2) is 4.98 Å². The highest BCUT2D eigenvalue weighted by atomic mass is 79.9. The normalized spacial score (nSPS) is 14.2. The third-order valence-corrected chi connectivity index (χ3v) is 4.35. The van der Waals surface area contributed by atoms with Gasteiger partial charge in [-0.3, -0.25) is 4.79 Å². The number of halogens is 2. The van der Waals surface area contributed by atoms with Gasteiger partial charge in [0.25, 0.3) is 5.56 Å². The average Bonchev–Trinajstić information content (AvgIpc) is 2.42. The number of nitrogens with zero attached hydrogens (tertiary/aromatic N) is 1. The Kier molecular flexibility index (Phi) is 3.43. The summed E-state index contributed by atoms with van der Waals surface area (Å²) in [6.45, 7) is 1.46. The largest absolute Gasteiger partial charge is 0.311 e. The van der Waals surface area contributed by atoms with Crippen molar-refractivity contribution in [2.45, 2.75) is 13.0 Å². The summed E-state index contributed by atoms with van der Waals surface area (Å²) in [5.74, 6) is 0.574. The van der Waals surface area contributed by atoms with Crippen LogP contribution in [-0.4, -0.2) is 16.5 Å². The molecule has 0 spiro atoms. The maximum atomic E-state index is 12.0. The fraction of sp³-hybridized carbons (Fsp3) is 0.231. The van der Waals surface area contributed by atoms with Gasteiger partial charge in [0.2, 0.25) is 0 Å². The van der Waals surface area contributed by atoms with E-state index < -0.39 is 0 Å².